The third-order valence-electron chi connectivity index (χ3n) is 8.50. The molecule has 0 bridgehead atoms. The standard InChI is InChI=1S/C27H47NO2/c1-3-5-6-7-8-18-27(19-28)20-29-26(30-21-27)25-16-14-24(15-17-25)23-12-10-22(9-4-2)11-13-23/h22-26H,3-18,20-21H2,1-2H3. The molecule has 0 spiro atoms. The van der Waals surface area contributed by atoms with Crippen molar-refractivity contribution in [2.75, 3.05) is 13.2 Å². The van der Waals surface area contributed by atoms with E-state index in [0.29, 0.717) is 19.1 Å². The Hall–Kier alpha value is -0.590. The van der Waals surface area contributed by atoms with E-state index in [-0.39, 0.29) is 6.29 Å². The molecule has 30 heavy (non-hydrogen) atoms. The molecule has 3 aliphatic rings. The molecule has 1 heterocycles. The molecule has 0 aromatic carbocycles. The van der Waals surface area contributed by atoms with Gasteiger partial charge in [-0.25, -0.2) is 0 Å². The van der Waals surface area contributed by atoms with Gasteiger partial charge in [-0.1, -0.05) is 71.6 Å². The van der Waals surface area contributed by atoms with Crippen LogP contribution in [0.2, 0.25) is 0 Å². The lowest BCUT2D eigenvalue weighted by Crippen LogP contribution is -2.44. The van der Waals surface area contributed by atoms with E-state index in [0.717, 1.165) is 30.6 Å². The van der Waals surface area contributed by atoms with Crippen LogP contribution in [0.4, 0.5) is 0 Å². The Morgan fingerprint density at radius 3 is 1.87 bits per heavy atom. The predicted molar refractivity (Wildman–Crippen MR) is 123 cm³/mol. The summed E-state index contributed by atoms with van der Waals surface area (Å²) in [6.07, 6.45) is 21.0. The van der Waals surface area contributed by atoms with Crippen molar-refractivity contribution in [3.8, 4) is 6.07 Å². The molecule has 0 N–H and O–H groups in total. The highest BCUT2D eigenvalue weighted by molar-refractivity contribution is 5.01. The van der Waals surface area contributed by atoms with Crippen molar-refractivity contribution in [3.63, 3.8) is 0 Å². The topological polar surface area (TPSA) is 42.2 Å². The molecule has 3 heteroatoms. The fourth-order valence-corrected chi connectivity index (χ4v) is 6.42. The first-order valence-electron chi connectivity index (χ1n) is 13.3. The number of hydrogen-bond acceptors (Lipinski definition) is 3. The van der Waals surface area contributed by atoms with Gasteiger partial charge in [0.2, 0.25) is 0 Å². The summed E-state index contributed by atoms with van der Waals surface area (Å²) in [5.74, 6) is 3.47. The van der Waals surface area contributed by atoms with Gasteiger partial charge in [0.1, 0.15) is 5.41 Å². The van der Waals surface area contributed by atoms with Gasteiger partial charge in [-0.05, 0) is 62.7 Å². The molecule has 0 atom stereocenters. The summed E-state index contributed by atoms with van der Waals surface area (Å²) in [5.41, 5.74) is -0.406. The molecule has 3 rings (SSSR count). The highest BCUT2D eigenvalue weighted by atomic mass is 16.7. The first kappa shape index (κ1) is 24.1. The van der Waals surface area contributed by atoms with E-state index in [1.807, 2.05) is 0 Å². The van der Waals surface area contributed by atoms with Crippen molar-refractivity contribution >= 4 is 0 Å². The third kappa shape index (κ3) is 6.70. The SMILES string of the molecule is CCCCCCCC1(C#N)COC(C2CCC(C3CCC(CCC)CC3)CC2)OC1. The summed E-state index contributed by atoms with van der Waals surface area (Å²) >= 11 is 0. The molecule has 3 fully saturated rings. The first-order chi connectivity index (χ1) is 14.7. The van der Waals surface area contributed by atoms with Crippen molar-refractivity contribution in [2.45, 2.75) is 123 Å². The van der Waals surface area contributed by atoms with Crippen LogP contribution in [-0.4, -0.2) is 19.5 Å². The Morgan fingerprint density at radius 2 is 1.30 bits per heavy atom. The number of nitriles is 1. The predicted octanol–water partition coefficient (Wildman–Crippen LogP) is 7.64. The van der Waals surface area contributed by atoms with Crippen LogP contribution >= 0.6 is 0 Å². The molecule has 3 nitrogen and oxygen atoms in total. The lowest BCUT2D eigenvalue weighted by molar-refractivity contribution is -0.244. The molecule has 0 aromatic heterocycles. The van der Waals surface area contributed by atoms with E-state index in [2.05, 4.69) is 19.9 Å². The minimum Gasteiger partial charge on any atom is -0.351 e. The van der Waals surface area contributed by atoms with Gasteiger partial charge in [0.05, 0.1) is 19.3 Å². The zero-order valence-corrected chi connectivity index (χ0v) is 19.9. The highest BCUT2D eigenvalue weighted by Crippen LogP contribution is 2.44. The molecule has 0 unspecified atom stereocenters. The second-order valence-corrected chi connectivity index (χ2v) is 10.8. The van der Waals surface area contributed by atoms with Crippen molar-refractivity contribution < 1.29 is 9.47 Å². The van der Waals surface area contributed by atoms with E-state index in [1.54, 1.807) is 0 Å². The second kappa shape index (κ2) is 12.4. The minimum absolute atomic E-state index is 0.0622. The van der Waals surface area contributed by atoms with Gasteiger partial charge >= 0.3 is 0 Å². The van der Waals surface area contributed by atoms with E-state index >= 15 is 0 Å². The molecule has 0 radical (unpaired) electrons. The van der Waals surface area contributed by atoms with E-state index in [4.69, 9.17) is 9.47 Å². The van der Waals surface area contributed by atoms with Crippen LogP contribution in [0, 0.1) is 40.4 Å². The molecule has 1 saturated heterocycles. The molecule has 2 aliphatic carbocycles. The van der Waals surface area contributed by atoms with Crippen LogP contribution in [0.25, 0.3) is 0 Å². The van der Waals surface area contributed by atoms with Gasteiger partial charge in [-0.2, -0.15) is 5.26 Å². The maximum Gasteiger partial charge on any atom is 0.160 e. The van der Waals surface area contributed by atoms with Crippen molar-refractivity contribution in [1.82, 2.24) is 0 Å². The number of nitrogens with zero attached hydrogens (tertiary/aromatic N) is 1. The summed E-state index contributed by atoms with van der Waals surface area (Å²) < 4.78 is 12.4. The normalized spacial score (nSPS) is 37.6. The van der Waals surface area contributed by atoms with Gasteiger partial charge in [0.15, 0.2) is 6.29 Å². The minimum atomic E-state index is -0.406. The summed E-state index contributed by atoms with van der Waals surface area (Å²) in [7, 11) is 0. The van der Waals surface area contributed by atoms with E-state index < -0.39 is 5.41 Å². The van der Waals surface area contributed by atoms with Gasteiger partial charge in [-0.3, -0.25) is 0 Å². The summed E-state index contributed by atoms with van der Waals surface area (Å²) in [4.78, 5) is 0. The van der Waals surface area contributed by atoms with Gasteiger partial charge < -0.3 is 9.47 Å². The van der Waals surface area contributed by atoms with Crippen molar-refractivity contribution in [1.29, 1.82) is 5.26 Å². The molecular weight excluding hydrogens is 370 g/mol. The van der Waals surface area contributed by atoms with Gasteiger partial charge in [0, 0.05) is 5.92 Å². The molecule has 172 valence electrons. The molecule has 0 amide bonds. The third-order valence-corrected chi connectivity index (χ3v) is 8.50. The monoisotopic (exact) mass is 417 g/mol. The average molecular weight is 418 g/mol. The first-order valence-corrected chi connectivity index (χ1v) is 13.3. The Morgan fingerprint density at radius 1 is 0.733 bits per heavy atom. The van der Waals surface area contributed by atoms with Crippen LogP contribution < -0.4 is 0 Å². The second-order valence-electron chi connectivity index (χ2n) is 10.8. The van der Waals surface area contributed by atoms with Gasteiger partial charge in [-0.15, -0.1) is 0 Å². The molecule has 2 saturated carbocycles. The fourth-order valence-electron chi connectivity index (χ4n) is 6.42. The maximum atomic E-state index is 9.76. The quantitative estimate of drug-likeness (QED) is 0.343. The Labute approximate surface area is 186 Å². The van der Waals surface area contributed by atoms with E-state index in [9.17, 15) is 5.26 Å². The number of rotatable bonds is 10. The largest absolute Gasteiger partial charge is 0.351 e. The Balaban J connectivity index is 1.35. The van der Waals surface area contributed by atoms with Crippen molar-refractivity contribution in [2.24, 2.45) is 29.1 Å². The fraction of sp³-hybridized carbons (Fsp3) is 0.963. The van der Waals surface area contributed by atoms with Gasteiger partial charge in [0.25, 0.3) is 0 Å². The highest BCUT2D eigenvalue weighted by Gasteiger charge is 2.41. The van der Waals surface area contributed by atoms with E-state index in [1.165, 1.54) is 89.9 Å². The lowest BCUT2D eigenvalue weighted by atomic mass is 9.68. The maximum absolute atomic E-state index is 9.76. The summed E-state index contributed by atoms with van der Waals surface area (Å²) in [6.45, 7) is 5.72. The van der Waals surface area contributed by atoms with Crippen LogP contribution in [0.5, 0.6) is 0 Å². The number of hydrogen-bond donors (Lipinski definition) is 0. The van der Waals surface area contributed by atoms with Crippen molar-refractivity contribution in [3.05, 3.63) is 0 Å². The van der Waals surface area contributed by atoms with Crippen LogP contribution in [-0.2, 0) is 9.47 Å². The number of ether oxygens (including phenoxy) is 2. The molecule has 0 aromatic rings. The summed E-state index contributed by atoms with van der Waals surface area (Å²) in [5, 5.41) is 9.76. The Bertz CT molecular complexity index is 503. The van der Waals surface area contributed by atoms with Crippen LogP contribution in [0.3, 0.4) is 0 Å². The lowest BCUT2D eigenvalue weighted by Gasteiger charge is -2.42. The van der Waals surface area contributed by atoms with Crippen LogP contribution in [0.15, 0.2) is 0 Å². The summed E-state index contributed by atoms with van der Waals surface area (Å²) in [6, 6.07) is 2.54. The smallest absolute Gasteiger partial charge is 0.160 e. The zero-order valence-electron chi connectivity index (χ0n) is 19.9. The average Bonchev–Trinajstić information content (AvgIpc) is 2.80. The molecule has 1 aliphatic heterocycles. The Kier molecular flexibility index (Phi) is 9.98. The van der Waals surface area contributed by atoms with Crippen LogP contribution in [0.1, 0.15) is 117 Å². The molecular formula is C27H47NO2. The zero-order chi connectivity index (χ0) is 21.2. The number of unbranched alkanes of at least 4 members (excludes halogenated alkanes) is 4.